The lowest BCUT2D eigenvalue weighted by atomic mass is 10.1. The van der Waals surface area contributed by atoms with Crippen molar-refractivity contribution in [2.45, 2.75) is 25.4 Å². The lowest BCUT2D eigenvalue weighted by Gasteiger charge is -2.12. The van der Waals surface area contributed by atoms with E-state index in [2.05, 4.69) is 0 Å². The molecule has 0 aliphatic rings. The predicted octanol–water partition coefficient (Wildman–Crippen LogP) is 0.906. The number of carbonyl (C=O) groups is 1. The summed E-state index contributed by atoms with van der Waals surface area (Å²) in [5.74, 6) is -0.381. The second-order valence-electron chi connectivity index (χ2n) is 3.82. The Morgan fingerprint density at radius 2 is 1.82 bits per heavy atom. The average Bonchev–Trinajstić information content (AvgIpc) is 2.37. The first kappa shape index (κ1) is 13.7. The highest BCUT2D eigenvalue weighted by atomic mass is 16.6. The summed E-state index contributed by atoms with van der Waals surface area (Å²) in [6.07, 6.45) is 1.02. The molecule has 94 valence electrons. The van der Waals surface area contributed by atoms with Crippen molar-refractivity contribution in [1.29, 1.82) is 0 Å². The zero-order valence-corrected chi connectivity index (χ0v) is 9.71. The summed E-state index contributed by atoms with van der Waals surface area (Å²) in [6, 6.07) is 9.89. The second-order valence-corrected chi connectivity index (χ2v) is 3.82. The van der Waals surface area contributed by atoms with Gasteiger partial charge in [-0.15, -0.1) is 0 Å². The molecule has 2 N–H and O–H groups in total. The Kier molecular flexibility index (Phi) is 6.29. The molecular weight excluding hydrogens is 220 g/mol. The maximum Gasteiger partial charge on any atom is 0.306 e. The van der Waals surface area contributed by atoms with Crippen LogP contribution in [0.4, 0.5) is 0 Å². The molecule has 4 nitrogen and oxygen atoms in total. The third kappa shape index (κ3) is 5.47. The van der Waals surface area contributed by atoms with E-state index in [1.54, 1.807) is 0 Å². The number of benzene rings is 1. The van der Waals surface area contributed by atoms with E-state index in [4.69, 9.17) is 14.9 Å². The van der Waals surface area contributed by atoms with E-state index in [0.717, 1.165) is 6.42 Å². The van der Waals surface area contributed by atoms with Crippen LogP contribution in [0.15, 0.2) is 30.3 Å². The molecule has 0 atom stereocenters. The predicted molar refractivity (Wildman–Crippen MR) is 63.4 cm³/mol. The number of carbonyl (C=O) groups excluding carboxylic acids is 1. The van der Waals surface area contributed by atoms with E-state index in [0.29, 0.717) is 12.8 Å². The summed E-state index contributed by atoms with van der Waals surface area (Å²) in [4.78, 5) is 11.3. The van der Waals surface area contributed by atoms with E-state index in [1.165, 1.54) is 5.56 Å². The first-order chi connectivity index (χ1) is 8.26. The minimum atomic E-state index is -0.792. The topological polar surface area (TPSA) is 66.8 Å². The summed E-state index contributed by atoms with van der Waals surface area (Å²) in [6.45, 7) is -0.693. The molecule has 0 bridgehead atoms. The van der Waals surface area contributed by atoms with Gasteiger partial charge in [0, 0.05) is 6.42 Å². The molecule has 0 saturated heterocycles. The van der Waals surface area contributed by atoms with Crippen molar-refractivity contribution in [3.05, 3.63) is 35.9 Å². The first-order valence-electron chi connectivity index (χ1n) is 5.71. The molecule has 1 rings (SSSR count). The molecule has 0 heterocycles. The Morgan fingerprint density at radius 3 is 2.41 bits per heavy atom. The van der Waals surface area contributed by atoms with Crippen LogP contribution in [0.25, 0.3) is 0 Å². The SMILES string of the molecule is O=C(CCCc1ccccc1)OC(CO)CO. The Morgan fingerprint density at radius 1 is 1.18 bits per heavy atom. The fourth-order valence-electron chi connectivity index (χ4n) is 1.46. The lowest BCUT2D eigenvalue weighted by molar-refractivity contribution is -0.153. The van der Waals surface area contributed by atoms with Crippen molar-refractivity contribution in [2.24, 2.45) is 0 Å². The van der Waals surface area contributed by atoms with E-state index in [1.807, 2.05) is 30.3 Å². The van der Waals surface area contributed by atoms with Gasteiger partial charge in [-0.1, -0.05) is 30.3 Å². The van der Waals surface area contributed by atoms with Gasteiger partial charge in [-0.05, 0) is 18.4 Å². The standard InChI is InChI=1S/C13H18O4/c14-9-12(10-15)17-13(16)8-4-7-11-5-2-1-3-6-11/h1-3,5-6,12,14-15H,4,7-10H2. The number of hydrogen-bond donors (Lipinski definition) is 2. The third-order valence-corrected chi connectivity index (χ3v) is 2.39. The van der Waals surface area contributed by atoms with Crippen molar-refractivity contribution in [3.63, 3.8) is 0 Å². The summed E-state index contributed by atoms with van der Waals surface area (Å²) >= 11 is 0. The van der Waals surface area contributed by atoms with Gasteiger partial charge in [-0.25, -0.2) is 0 Å². The minimum Gasteiger partial charge on any atom is -0.457 e. The van der Waals surface area contributed by atoms with Gasteiger partial charge in [0.05, 0.1) is 13.2 Å². The highest BCUT2D eigenvalue weighted by Gasteiger charge is 2.11. The number of aryl methyl sites for hydroxylation is 1. The second kappa shape index (κ2) is 7.81. The van der Waals surface area contributed by atoms with E-state index in [-0.39, 0.29) is 19.2 Å². The molecule has 0 aliphatic carbocycles. The van der Waals surface area contributed by atoms with Crippen LogP contribution in [-0.4, -0.2) is 35.5 Å². The van der Waals surface area contributed by atoms with Crippen molar-refractivity contribution in [3.8, 4) is 0 Å². The van der Waals surface area contributed by atoms with E-state index >= 15 is 0 Å². The Bertz CT molecular complexity index is 319. The largest absolute Gasteiger partial charge is 0.457 e. The minimum absolute atomic E-state index is 0.297. The first-order valence-corrected chi connectivity index (χ1v) is 5.71. The Labute approximate surface area is 101 Å². The normalized spacial score (nSPS) is 10.5. The fourth-order valence-corrected chi connectivity index (χ4v) is 1.46. The Balaban J connectivity index is 2.20. The molecule has 0 amide bonds. The van der Waals surface area contributed by atoms with E-state index < -0.39 is 6.10 Å². The smallest absolute Gasteiger partial charge is 0.306 e. The van der Waals surface area contributed by atoms with E-state index in [9.17, 15) is 4.79 Å². The molecule has 17 heavy (non-hydrogen) atoms. The van der Waals surface area contributed by atoms with Crippen molar-refractivity contribution < 1.29 is 19.7 Å². The average molecular weight is 238 g/mol. The monoisotopic (exact) mass is 238 g/mol. The zero-order chi connectivity index (χ0) is 12.5. The van der Waals surface area contributed by atoms with Crippen LogP contribution in [0.3, 0.4) is 0 Å². The van der Waals surface area contributed by atoms with Gasteiger partial charge in [-0.2, -0.15) is 0 Å². The van der Waals surface area contributed by atoms with Crippen molar-refractivity contribution >= 4 is 5.97 Å². The number of aliphatic hydroxyl groups excluding tert-OH is 2. The Hall–Kier alpha value is -1.39. The number of aliphatic hydroxyl groups is 2. The van der Waals surface area contributed by atoms with Crippen LogP contribution in [0.1, 0.15) is 18.4 Å². The highest BCUT2D eigenvalue weighted by Crippen LogP contribution is 2.06. The van der Waals surface area contributed by atoms with Crippen LogP contribution >= 0.6 is 0 Å². The zero-order valence-electron chi connectivity index (χ0n) is 9.71. The van der Waals surface area contributed by atoms with Crippen LogP contribution in [-0.2, 0) is 16.0 Å². The molecule has 0 aromatic heterocycles. The molecule has 0 aliphatic heterocycles. The number of hydrogen-bond acceptors (Lipinski definition) is 4. The van der Waals surface area contributed by atoms with Gasteiger partial charge in [0.15, 0.2) is 0 Å². The quantitative estimate of drug-likeness (QED) is 0.693. The van der Waals surface area contributed by atoms with Crippen LogP contribution in [0.5, 0.6) is 0 Å². The maximum atomic E-state index is 11.3. The summed E-state index contributed by atoms with van der Waals surface area (Å²) in [7, 11) is 0. The van der Waals surface area contributed by atoms with Gasteiger partial charge in [0.1, 0.15) is 6.10 Å². The van der Waals surface area contributed by atoms with Gasteiger partial charge in [0.25, 0.3) is 0 Å². The molecule has 0 radical (unpaired) electrons. The molecule has 0 fully saturated rings. The van der Waals surface area contributed by atoms with Crippen LogP contribution in [0, 0.1) is 0 Å². The molecule has 0 unspecified atom stereocenters. The van der Waals surface area contributed by atoms with Gasteiger partial charge < -0.3 is 14.9 Å². The van der Waals surface area contributed by atoms with Crippen LogP contribution < -0.4 is 0 Å². The molecular formula is C13H18O4. The molecule has 0 spiro atoms. The highest BCUT2D eigenvalue weighted by molar-refractivity contribution is 5.69. The van der Waals surface area contributed by atoms with Crippen molar-refractivity contribution in [2.75, 3.05) is 13.2 Å². The molecule has 4 heteroatoms. The van der Waals surface area contributed by atoms with Crippen molar-refractivity contribution in [1.82, 2.24) is 0 Å². The summed E-state index contributed by atoms with van der Waals surface area (Å²) in [5.41, 5.74) is 1.18. The van der Waals surface area contributed by atoms with Gasteiger partial charge in [-0.3, -0.25) is 4.79 Å². The summed E-state index contributed by atoms with van der Waals surface area (Å²) < 4.78 is 4.85. The fraction of sp³-hybridized carbons (Fsp3) is 0.462. The number of rotatable bonds is 7. The number of esters is 1. The van der Waals surface area contributed by atoms with Crippen LogP contribution in [0.2, 0.25) is 0 Å². The maximum absolute atomic E-state index is 11.3. The number of ether oxygens (including phenoxy) is 1. The molecule has 0 saturated carbocycles. The van der Waals surface area contributed by atoms with Gasteiger partial charge >= 0.3 is 5.97 Å². The van der Waals surface area contributed by atoms with Gasteiger partial charge in [0.2, 0.25) is 0 Å². The third-order valence-electron chi connectivity index (χ3n) is 2.39. The lowest BCUT2D eigenvalue weighted by Crippen LogP contribution is -2.25. The molecule has 1 aromatic rings. The summed E-state index contributed by atoms with van der Waals surface area (Å²) in [5, 5.41) is 17.5. The molecule has 1 aromatic carbocycles.